The van der Waals surface area contributed by atoms with Gasteiger partial charge in [0.1, 0.15) is 5.78 Å². The number of Topliss-reactive ketones (excluding diaryl/α,β-unsaturated/α-hetero) is 1. The van der Waals surface area contributed by atoms with Crippen LogP contribution in [-0.2, 0) is 4.79 Å². The van der Waals surface area contributed by atoms with Crippen LogP contribution in [0.1, 0.15) is 13.8 Å². The van der Waals surface area contributed by atoms with Crippen LogP contribution in [0.5, 0.6) is 0 Å². The third-order valence-electron chi connectivity index (χ3n) is 1.90. The Morgan fingerprint density at radius 2 is 2.09 bits per heavy atom. The number of nitrogens with two attached hydrogens (primary N) is 2. The van der Waals surface area contributed by atoms with Crippen LogP contribution in [0.15, 0.2) is 0 Å². The van der Waals surface area contributed by atoms with Crippen molar-refractivity contribution in [3.8, 4) is 0 Å². The number of carbonyl (C=O) groups excluding carboxylic acids is 1. The minimum absolute atomic E-state index is 0.00444. The fraction of sp³-hybridized carbons (Fsp3) is 0.714. The number of hydrogen-bond acceptors (Lipinski definition) is 3. The molecular weight excluding hydrogens is 142 g/mol. The molecule has 0 spiro atoms. The average Bonchev–Trinajstić information content (AvgIpc) is 1.88. The van der Waals surface area contributed by atoms with Crippen LogP contribution in [0.2, 0.25) is 0 Å². The Labute approximate surface area is 66.5 Å². The zero-order chi connectivity index (χ0) is 9.02. The van der Waals surface area contributed by atoms with E-state index in [-0.39, 0.29) is 30.0 Å². The molecule has 5 N–H and O–H groups in total. The number of rotatable bonds is 4. The average molecular weight is 157 g/mol. The molecule has 0 bridgehead atoms. The highest BCUT2D eigenvalue weighted by molar-refractivity contribution is 5.87. The topological polar surface area (TPSA) is 93.0 Å². The van der Waals surface area contributed by atoms with Gasteiger partial charge in [-0.1, -0.05) is 6.92 Å². The molecule has 2 atom stereocenters. The zero-order valence-electron chi connectivity index (χ0n) is 6.92. The number of carbonyl (C=O) groups is 1. The molecule has 0 aromatic heterocycles. The van der Waals surface area contributed by atoms with Gasteiger partial charge in [0.25, 0.3) is 0 Å². The second-order valence-electron chi connectivity index (χ2n) is 2.70. The fourth-order valence-electron chi connectivity index (χ4n) is 0.884. The van der Waals surface area contributed by atoms with Gasteiger partial charge in [-0.3, -0.25) is 10.2 Å². The lowest BCUT2D eigenvalue weighted by atomic mass is 9.90. The standard InChI is InChI=1S/C7H15N3O/c1-4(5(2)11)6(3-8)7(9)10/h4,6H,3,8H2,1-2H3,(H3,9,10). The quantitative estimate of drug-likeness (QED) is 0.387. The normalized spacial score (nSPS) is 15.5. The molecule has 0 radical (unpaired) electrons. The van der Waals surface area contributed by atoms with Gasteiger partial charge in [0.05, 0.1) is 5.84 Å². The molecule has 2 unspecified atom stereocenters. The fourth-order valence-corrected chi connectivity index (χ4v) is 0.884. The monoisotopic (exact) mass is 157 g/mol. The van der Waals surface area contributed by atoms with Gasteiger partial charge in [-0.2, -0.15) is 0 Å². The number of amidine groups is 1. The van der Waals surface area contributed by atoms with Crippen molar-refractivity contribution >= 4 is 11.6 Å². The Balaban J connectivity index is 4.25. The Morgan fingerprint density at radius 1 is 1.64 bits per heavy atom. The molecular formula is C7H15N3O. The molecule has 0 saturated carbocycles. The number of hydrogen-bond donors (Lipinski definition) is 3. The lowest BCUT2D eigenvalue weighted by Crippen LogP contribution is -2.36. The maximum atomic E-state index is 10.8. The van der Waals surface area contributed by atoms with Gasteiger partial charge in [-0.25, -0.2) is 0 Å². The first-order chi connectivity index (χ1) is 5.00. The van der Waals surface area contributed by atoms with E-state index >= 15 is 0 Å². The molecule has 0 aliphatic rings. The van der Waals surface area contributed by atoms with Crippen molar-refractivity contribution in [1.29, 1.82) is 5.41 Å². The summed E-state index contributed by atoms with van der Waals surface area (Å²) < 4.78 is 0. The molecule has 11 heavy (non-hydrogen) atoms. The van der Waals surface area contributed by atoms with Crippen molar-refractivity contribution in [2.75, 3.05) is 6.54 Å². The maximum Gasteiger partial charge on any atom is 0.133 e. The van der Waals surface area contributed by atoms with E-state index in [1.54, 1.807) is 6.92 Å². The van der Waals surface area contributed by atoms with Gasteiger partial charge in [0.15, 0.2) is 0 Å². The van der Waals surface area contributed by atoms with E-state index in [0.717, 1.165) is 0 Å². The smallest absolute Gasteiger partial charge is 0.133 e. The zero-order valence-corrected chi connectivity index (χ0v) is 6.92. The van der Waals surface area contributed by atoms with E-state index in [2.05, 4.69) is 0 Å². The summed E-state index contributed by atoms with van der Waals surface area (Å²) in [4.78, 5) is 10.8. The minimum atomic E-state index is -0.299. The highest BCUT2D eigenvalue weighted by Gasteiger charge is 2.21. The maximum absolute atomic E-state index is 10.8. The molecule has 0 aliphatic heterocycles. The van der Waals surface area contributed by atoms with Crippen LogP contribution in [0.4, 0.5) is 0 Å². The first-order valence-corrected chi connectivity index (χ1v) is 3.55. The highest BCUT2D eigenvalue weighted by Crippen LogP contribution is 2.10. The van der Waals surface area contributed by atoms with Crippen LogP contribution in [0, 0.1) is 17.2 Å². The predicted octanol–water partition coefficient (Wildman–Crippen LogP) is -0.278. The van der Waals surface area contributed by atoms with E-state index < -0.39 is 0 Å². The highest BCUT2D eigenvalue weighted by atomic mass is 16.1. The molecule has 0 fully saturated rings. The summed E-state index contributed by atoms with van der Waals surface area (Å²) in [5.41, 5.74) is 10.6. The molecule has 0 aromatic carbocycles. The largest absolute Gasteiger partial charge is 0.387 e. The van der Waals surface area contributed by atoms with Gasteiger partial charge in [-0.15, -0.1) is 0 Å². The number of ketones is 1. The second-order valence-corrected chi connectivity index (χ2v) is 2.70. The molecule has 0 rings (SSSR count). The van der Waals surface area contributed by atoms with Crippen LogP contribution >= 0.6 is 0 Å². The SMILES string of the molecule is CC(=O)C(C)C(CN)C(=N)N. The van der Waals surface area contributed by atoms with E-state index in [0.29, 0.717) is 0 Å². The third-order valence-corrected chi connectivity index (χ3v) is 1.90. The van der Waals surface area contributed by atoms with E-state index in [1.807, 2.05) is 0 Å². The van der Waals surface area contributed by atoms with Gasteiger partial charge < -0.3 is 11.5 Å². The van der Waals surface area contributed by atoms with Crippen molar-refractivity contribution in [3.05, 3.63) is 0 Å². The third kappa shape index (κ3) is 2.67. The van der Waals surface area contributed by atoms with E-state index in [9.17, 15) is 4.79 Å². The van der Waals surface area contributed by atoms with Gasteiger partial charge in [0, 0.05) is 18.4 Å². The van der Waals surface area contributed by atoms with Crippen LogP contribution in [0.3, 0.4) is 0 Å². The van der Waals surface area contributed by atoms with Crippen LogP contribution < -0.4 is 11.5 Å². The number of nitrogens with one attached hydrogen (secondary N) is 1. The Kier molecular flexibility index (Phi) is 3.74. The Hall–Kier alpha value is -0.900. The summed E-state index contributed by atoms with van der Waals surface area (Å²) in [6.45, 7) is 3.48. The summed E-state index contributed by atoms with van der Waals surface area (Å²) >= 11 is 0. The van der Waals surface area contributed by atoms with Gasteiger partial charge in [0.2, 0.25) is 0 Å². The Morgan fingerprint density at radius 3 is 2.18 bits per heavy atom. The summed E-state index contributed by atoms with van der Waals surface area (Å²) in [7, 11) is 0. The first-order valence-electron chi connectivity index (χ1n) is 3.55. The van der Waals surface area contributed by atoms with E-state index in [1.165, 1.54) is 6.92 Å². The summed E-state index contributed by atoms with van der Waals surface area (Å²) in [5, 5.41) is 7.12. The Bertz CT molecular complexity index is 167. The molecule has 0 saturated heterocycles. The molecule has 0 amide bonds. The summed E-state index contributed by atoms with van der Waals surface area (Å²) in [6, 6.07) is 0. The summed E-state index contributed by atoms with van der Waals surface area (Å²) in [6.07, 6.45) is 0. The molecule has 4 nitrogen and oxygen atoms in total. The lowest BCUT2D eigenvalue weighted by Gasteiger charge is -2.17. The van der Waals surface area contributed by atoms with Crippen LogP contribution in [-0.4, -0.2) is 18.2 Å². The van der Waals surface area contributed by atoms with Crippen LogP contribution in [0.25, 0.3) is 0 Å². The minimum Gasteiger partial charge on any atom is -0.387 e. The molecule has 64 valence electrons. The first kappa shape index (κ1) is 10.1. The molecule has 4 heteroatoms. The van der Waals surface area contributed by atoms with E-state index in [4.69, 9.17) is 16.9 Å². The molecule has 0 aliphatic carbocycles. The molecule has 0 aromatic rings. The predicted molar refractivity (Wildman–Crippen MR) is 44.3 cm³/mol. The van der Waals surface area contributed by atoms with Crippen molar-refractivity contribution in [3.63, 3.8) is 0 Å². The second kappa shape index (κ2) is 4.08. The van der Waals surface area contributed by atoms with Crippen molar-refractivity contribution < 1.29 is 4.79 Å². The van der Waals surface area contributed by atoms with Gasteiger partial charge >= 0.3 is 0 Å². The lowest BCUT2D eigenvalue weighted by molar-refractivity contribution is -0.121. The van der Waals surface area contributed by atoms with Crippen molar-refractivity contribution in [2.45, 2.75) is 13.8 Å². The van der Waals surface area contributed by atoms with Crippen molar-refractivity contribution in [2.24, 2.45) is 23.3 Å². The van der Waals surface area contributed by atoms with Crippen molar-refractivity contribution in [1.82, 2.24) is 0 Å². The van der Waals surface area contributed by atoms with Gasteiger partial charge in [-0.05, 0) is 6.92 Å². The summed E-state index contributed by atoms with van der Waals surface area (Å²) in [5.74, 6) is -0.518. The molecule has 0 heterocycles.